The molecule has 0 N–H and O–H groups in total. The summed E-state index contributed by atoms with van der Waals surface area (Å²) in [5.41, 5.74) is 2.66. The molecule has 6 nitrogen and oxygen atoms in total. The van der Waals surface area contributed by atoms with Crippen molar-refractivity contribution in [2.45, 2.75) is 57.9 Å². The lowest BCUT2D eigenvalue weighted by Crippen LogP contribution is -2.46. The molecule has 5 heterocycles. The van der Waals surface area contributed by atoms with Gasteiger partial charge in [0.2, 0.25) is 0 Å². The number of likely N-dealkylation sites (tertiary alicyclic amines) is 1. The molecule has 6 rings (SSSR count). The second-order valence-electron chi connectivity index (χ2n) is 11.3. The number of hydrogen-bond acceptors (Lipinski definition) is 5. The number of fused-ring (bicyclic) bond motifs is 1. The lowest BCUT2D eigenvalue weighted by molar-refractivity contribution is 0.0757. The molecule has 3 saturated heterocycles. The molecule has 36 heavy (non-hydrogen) atoms. The first kappa shape index (κ1) is 23.7. The molecule has 0 amide bonds. The summed E-state index contributed by atoms with van der Waals surface area (Å²) in [6.07, 6.45) is 10.2. The lowest BCUT2D eigenvalue weighted by atomic mass is 9.71. The number of pyridine rings is 1. The zero-order valence-corrected chi connectivity index (χ0v) is 21.6. The Balaban J connectivity index is 1.09. The van der Waals surface area contributed by atoms with Crippen molar-refractivity contribution in [3.05, 3.63) is 47.8 Å². The summed E-state index contributed by atoms with van der Waals surface area (Å²) in [5, 5.41) is 6.13. The molecule has 0 saturated carbocycles. The highest BCUT2D eigenvalue weighted by Crippen LogP contribution is 2.43. The van der Waals surface area contributed by atoms with Gasteiger partial charge in [0.25, 0.3) is 0 Å². The van der Waals surface area contributed by atoms with E-state index in [-0.39, 0.29) is 5.82 Å². The molecule has 3 aliphatic heterocycles. The van der Waals surface area contributed by atoms with E-state index in [0.29, 0.717) is 5.41 Å². The number of halogens is 1. The highest BCUT2D eigenvalue weighted by molar-refractivity contribution is 5.89. The van der Waals surface area contributed by atoms with Gasteiger partial charge in [-0.2, -0.15) is 5.10 Å². The van der Waals surface area contributed by atoms with E-state index in [1.807, 2.05) is 23.9 Å². The van der Waals surface area contributed by atoms with Crippen LogP contribution < -0.4 is 9.80 Å². The summed E-state index contributed by atoms with van der Waals surface area (Å²) in [7, 11) is 2.04. The largest absolute Gasteiger partial charge is 0.357 e. The van der Waals surface area contributed by atoms with Crippen LogP contribution in [0.4, 0.5) is 16.0 Å². The lowest BCUT2D eigenvalue weighted by Gasteiger charge is -2.47. The Bertz CT molecular complexity index is 1160. The number of hydrogen-bond donors (Lipinski definition) is 0. The van der Waals surface area contributed by atoms with E-state index < -0.39 is 0 Å². The first-order valence-electron chi connectivity index (χ1n) is 13.9. The summed E-state index contributed by atoms with van der Waals surface area (Å²) in [6, 6.07) is 11.4. The van der Waals surface area contributed by atoms with Gasteiger partial charge in [-0.3, -0.25) is 4.90 Å². The van der Waals surface area contributed by atoms with Crippen LogP contribution in [-0.4, -0.2) is 58.9 Å². The minimum absolute atomic E-state index is 0.155. The van der Waals surface area contributed by atoms with Gasteiger partial charge >= 0.3 is 0 Å². The molecule has 1 spiro atoms. The highest BCUT2D eigenvalue weighted by Gasteiger charge is 2.38. The second-order valence-corrected chi connectivity index (χ2v) is 11.3. The summed E-state index contributed by atoms with van der Waals surface area (Å²) >= 11 is 0. The highest BCUT2D eigenvalue weighted by atomic mass is 19.1. The third-order valence-electron chi connectivity index (χ3n) is 8.94. The van der Waals surface area contributed by atoms with Crippen LogP contribution >= 0.6 is 0 Å². The summed E-state index contributed by atoms with van der Waals surface area (Å²) in [5.74, 6) is 2.05. The molecule has 192 valence electrons. The van der Waals surface area contributed by atoms with Crippen molar-refractivity contribution < 1.29 is 4.39 Å². The maximum Gasteiger partial charge on any atom is 0.162 e. The average molecular weight is 491 g/mol. The first-order valence-corrected chi connectivity index (χ1v) is 13.9. The molecule has 1 aromatic carbocycles. The Morgan fingerprint density at radius 3 is 2.14 bits per heavy atom. The van der Waals surface area contributed by atoms with Gasteiger partial charge in [0.05, 0.1) is 5.39 Å². The minimum Gasteiger partial charge on any atom is -0.357 e. The van der Waals surface area contributed by atoms with Crippen LogP contribution in [0.5, 0.6) is 0 Å². The number of aromatic nitrogens is 3. The topological polar surface area (TPSA) is 40.4 Å². The molecule has 3 aliphatic rings. The van der Waals surface area contributed by atoms with Crippen LogP contribution in [0.25, 0.3) is 11.0 Å². The molecule has 2 aromatic heterocycles. The Morgan fingerprint density at radius 1 is 0.778 bits per heavy atom. The van der Waals surface area contributed by atoms with Crippen molar-refractivity contribution in [1.82, 2.24) is 19.7 Å². The molecular formula is C29H39FN6. The third kappa shape index (κ3) is 4.82. The molecule has 7 heteroatoms. The van der Waals surface area contributed by atoms with E-state index >= 15 is 0 Å². The van der Waals surface area contributed by atoms with Crippen molar-refractivity contribution in [3.8, 4) is 0 Å². The van der Waals surface area contributed by atoms with Crippen molar-refractivity contribution in [1.29, 1.82) is 0 Å². The first-order chi connectivity index (χ1) is 17.6. The molecular weight excluding hydrogens is 451 g/mol. The quantitative estimate of drug-likeness (QED) is 0.492. The van der Waals surface area contributed by atoms with Gasteiger partial charge in [0.15, 0.2) is 11.5 Å². The van der Waals surface area contributed by atoms with Crippen molar-refractivity contribution >= 4 is 22.7 Å². The minimum atomic E-state index is -0.155. The summed E-state index contributed by atoms with van der Waals surface area (Å²) in [4.78, 5) is 12.5. The maximum atomic E-state index is 13.2. The number of piperidine rings is 2. The fourth-order valence-corrected chi connectivity index (χ4v) is 6.54. The zero-order valence-electron chi connectivity index (χ0n) is 21.6. The van der Waals surface area contributed by atoms with Crippen LogP contribution in [0, 0.1) is 11.2 Å². The predicted octanol–water partition coefficient (Wildman–Crippen LogP) is 5.37. The fourth-order valence-electron chi connectivity index (χ4n) is 6.54. The zero-order chi connectivity index (χ0) is 24.5. The number of benzene rings is 1. The van der Waals surface area contributed by atoms with Crippen LogP contribution in [0.1, 0.15) is 56.9 Å². The Kier molecular flexibility index (Phi) is 6.59. The van der Waals surface area contributed by atoms with Crippen molar-refractivity contribution in [2.24, 2.45) is 12.5 Å². The monoisotopic (exact) mass is 490 g/mol. The molecule has 3 fully saturated rings. The summed E-state index contributed by atoms with van der Waals surface area (Å²) < 4.78 is 15.2. The molecule has 0 bridgehead atoms. The molecule has 0 radical (unpaired) electrons. The average Bonchev–Trinajstić information content (AvgIpc) is 3.06. The fraction of sp³-hybridized carbons (Fsp3) is 0.586. The van der Waals surface area contributed by atoms with E-state index in [0.717, 1.165) is 63.1 Å². The van der Waals surface area contributed by atoms with Crippen molar-refractivity contribution in [2.75, 3.05) is 49.1 Å². The van der Waals surface area contributed by atoms with Gasteiger partial charge in [-0.1, -0.05) is 25.0 Å². The summed E-state index contributed by atoms with van der Waals surface area (Å²) in [6.45, 7) is 7.54. The van der Waals surface area contributed by atoms with Crippen LogP contribution in [0.3, 0.4) is 0 Å². The van der Waals surface area contributed by atoms with Crippen LogP contribution in [0.15, 0.2) is 36.4 Å². The van der Waals surface area contributed by atoms with E-state index in [1.54, 1.807) is 12.1 Å². The van der Waals surface area contributed by atoms with E-state index in [4.69, 9.17) is 10.1 Å². The van der Waals surface area contributed by atoms with Gasteiger partial charge in [0.1, 0.15) is 11.6 Å². The van der Waals surface area contributed by atoms with Crippen LogP contribution in [-0.2, 0) is 13.6 Å². The second kappa shape index (κ2) is 10.0. The molecule has 3 aromatic rings. The molecule has 0 unspecified atom stereocenters. The maximum absolute atomic E-state index is 13.2. The van der Waals surface area contributed by atoms with E-state index in [2.05, 4.69) is 26.8 Å². The van der Waals surface area contributed by atoms with E-state index in [1.165, 1.54) is 62.3 Å². The predicted molar refractivity (Wildman–Crippen MR) is 144 cm³/mol. The number of anilines is 2. The van der Waals surface area contributed by atoms with E-state index in [9.17, 15) is 4.39 Å². The van der Waals surface area contributed by atoms with Crippen molar-refractivity contribution in [3.63, 3.8) is 0 Å². The number of nitrogens with zero attached hydrogens (tertiary/aromatic N) is 6. The van der Waals surface area contributed by atoms with Gasteiger partial charge in [-0.05, 0) is 86.9 Å². The van der Waals surface area contributed by atoms with Gasteiger partial charge in [-0.15, -0.1) is 0 Å². The standard InChI is InChI=1S/C29H39FN6/c1-33-27-25(10-11-26(31-27)35-16-4-2-3-5-17-35)28(32-33)36-20-14-29(15-21-36)12-18-34(19-13-29)22-23-6-8-24(30)9-7-23/h6-11H,2-5,12-22H2,1H3. The smallest absolute Gasteiger partial charge is 0.162 e. The molecule has 0 aliphatic carbocycles. The van der Waals surface area contributed by atoms with Gasteiger partial charge in [0, 0.05) is 39.8 Å². The third-order valence-corrected chi connectivity index (χ3v) is 8.94. The number of rotatable bonds is 4. The van der Waals surface area contributed by atoms with Gasteiger partial charge in [-0.25, -0.2) is 14.1 Å². The molecule has 0 atom stereocenters. The number of aryl methyl sites for hydroxylation is 1. The van der Waals surface area contributed by atoms with Crippen LogP contribution in [0.2, 0.25) is 0 Å². The normalized spacial score (nSPS) is 21.3. The SMILES string of the molecule is Cn1nc(N2CCC3(CCN(Cc4ccc(F)cc4)CC3)CC2)c2ccc(N3CCCCCC3)nc21. The Hall–Kier alpha value is -2.67. The Labute approximate surface area is 214 Å². The van der Waals surface area contributed by atoms with Gasteiger partial charge < -0.3 is 9.80 Å². The Morgan fingerprint density at radius 2 is 1.44 bits per heavy atom.